The predicted octanol–water partition coefficient (Wildman–Crippen LogP) is 4.01. The molecule has 2 fully saturated rings. The molecule has 0 radical (unpaired) electrons. The van der Waals surface area contributed by atoms with Crippen LogP contribution in [0.3, 0.4) is 0 Å². The normalized spacial score (nSPS) is 18.4. The summed E-state index contributed by atoms with van der Waals surface area (Å²) < 4.78 is 4.32. The van der Waals surface area contributed by atoms with E-state index < -0.39 is 0 Å². The van der Waals surface area contributed by atoms with E-state index in [-0.39, 0.29) is 0 Å². The van der Waals surface area contributed by atoms with E-state index in [2.05, 4.69) is 20.1 Å². The first-order valence-corrected chi connectivity index (χ1v) is 9.29. The second-order valence-corrected chi connectivity index (χ2v) is 7.92. The molecule has 2 aromatic rings. The zero-order valence-corrected chi connectivity index (χ0v) is 13.8. The minimum atomic E-state index is 0.603. The Morgan fingerprint density at radius 3 is 2.62 bits per heavy atom. The van der Waals surface area contributed by atoms with E-state index in [1.54, 1.807) is 11.3 Å². The number of anilines is 2. The fraction of sp³-hybridized carbons (Fsp3) is 0.600. The number of aryl methyl sites for hydroxylation is 1. The first-order valence-electron chi connectivity index (χ1n) is 7.64. The summed E-state index contributed by atoms with van der Waals surface area (Å²) in [6.45, 7) is 3.08. The minimum absolute atomic E-state index is 0.603. The number of nitrogens with zero attached hydrogens (tertiary/aromatic N) is 2. The quantitative estimate of drug-likeness (QED) is 0.844. The summed E-state index contributed by atoms with van der Waals surface area (Å²) in [7, 11) is 0. The topological polar surface area (TPSA) is 63.8 Å². The van der Waals surface area contributed by atoms with Crippen LogP contribution in [0.25, 0.3) is 10.6 Å². The van der Waals surface area contributed by atoms with Crippen LogP contribution < -0.4 is 11.1 Å². The van der Waals surface area contributed by atoms with Gasteiger partial charge >= 0.3 is 0 Å². The smallest absolute Gasteiger partial charge is 0.149 e. The van der Waals surface area contributed by atoms with Gasteiger partial charge in [-0.05, 0) is 61.9 Å². The van der Waals surface area contributed by atoms with E-state index in [0.29, 0.717) is 5.82 Å². The second kappa shape index (κ2) is 5.25. The van der Waals surface area contributed by atoms with Crippen LogP contribution in [-0.2, 0) is 0 Å². The summed E-state index contributed by atoms with van der Waals surface area (Å²) in [5.74, 6) is 3.37. The standard InChI is InChI=1S/C15H20N4S2/c1-8-7-20-15(18-8)12-13(16)19-21-14(12)17-6-11(9-2-3-9)10-4-5-10/h7,9-11,17H,2-6H2,1H3,(H2,16,19). The monoisotopic (exact) mass is 320 g/mol. The summed E-state index contributed by atoms with van der Waals surface area (Å²) in [6.07, 6.45) is 5.69. The number of nitrogen functional groups attached to an aromatic ring is 1. The number of thiazole rings is 1. The molecular formula is C15H20N4S2. The van der Waals surface area contributed by atoms with Gasteiger partial charge in [-0.3, -0.25) is 0 Å². The molecule has 2 heterocycles. The van der Waals surface area contributed by atoms with Crippen molar-refractivity contribution in [3.63, 3.8) is 0 Å². The van der Waals surface area contributed by atoms with Crippen LogP contribution >= 0.6 is 22.9 Å². The largest absolute Gasteiger partial charge is 0.382 e. The van der Waals surface area contributed by atoms with E-state index in [1.165, 1.54) is 37.2 Å². The molecule has 3 N–H and O–H groups in total. The number of nitrogens with two attached hydrogens (primary N) is 1. The van der Waals surface area contributed by atoms with Crippen molar-refractivity contribution in [3.05, 3.63) is 11.1 Å². The zero-order chi connectivity index (χ0) is 14.4. The van der Waals surface area contributed by atoms with Crippen LogP contribution in [0.2, 0.25) is 0 Å². The molecule has 0 aliphatic heterocycles. The van der Waals surface area contributed by atoms with Crippen molar-refractivity contribution < 1.29 is 0 Å². The highest BCUT2D eigenvalue weighted by Crippen LogP contribution is 2.49. The van der Waals surface area contributed by atoms with Gasteiger partial charge in [-0.25, -0.2) is 4.98 Å². The van der Waals surface area contributed by atoms with E-state index in [4.69, 9.17) is 5.73 Å². The van der Waals surface area contributed by atoms with Crippen LogP contribution in [0.1, 0.15) is 31.4 Å². The molecule has 2 aliphatic carbocycles. The molecule has 0 bridgehead atoms. The van der Waals surface area contributed by atoms with Crippen molar-refractivity contribution in [3.8, 4) is 10.6 Å². The van der Waals surface area contributed by atoms with E-state index in [1.807, 2.05) is 6.92 Å². The molecule has 6 heteroatoms. The molecule has 0 atom stereocenters. The summed E-state index contributed by atoms with van der Waals surface area (Å²) in [6, 6.07) is 0. The molecular weight excluding hydrogens is 300 g/mol. The van der Waals surface area contributed by atoms with Gasteiger partial charge < -0.3 is 11.1 Å². The lowest BCUT2D eigenvalue weighted by atomic mass is 9.98. The molecule has 112 valence electrons. The molecule has 0 spiro atoms. The number of hydrogen-bond acceptors (Lipinski definition) is 6. The third-order valence-electron chi connectivity index (χ3n) is 4.50. The van der Waals surface area contributed by atoms with Crippen molar-refractivity contribution in [1.82, 2.24) is 9.36 Å². The second-order valence-electron chi connectivity index (χ2n) is 6.29. The van der Waals surface area contributed by atoms with Gasteiger partial charge in [-0.15, -0.1) is 11.3 Å². The zero-order valence-electron chi connectivity index (χ0n) is 12.1. The molecule has 2 saturated carbocycles. The molecule has 4 rings (SSSR count). The first kappa shape index (κ1) is 13.5. The van der Waals surface area contributed by atoms with Crippen molar-refractivity contribution in [2.75, 3.05) is 17.6 Å². The van der Waals surface area contributed by atoms with Crippen LogP contribution in [0.15, 0.2) is 5.38 Å². The maximum atomic E-state index is 6.06. The van der Waals surface area contributed by atoms with Gasteiger partial charge in [0.05, 0.1) is 5.56 Å². The Kier molecular flexibility index (Phi) is 3.38. The molecule has 21 heavy (non-hydrogen) atoms. The highest BCUT2D eigenvalue weighted by Gasteiger charge is 2.41. The Hall–Kier alpha value is -1.14. The van der Waals surface area contributed by atoms with Crippen LogP contribution in [0.4, 0.5) is 10.8 Å². The van der Waals surface area contributed by atoms with Crippen molar-refractivity contribution in [2.24, 2.45) is 17.8 Å². The number of nitrogens with one attached hydrogen (secondary N) is 1. The van der Waals surface area contributed by atoms with Crippen LogP contribution in [0.5, 0.6) is 0 Å². The Morgan fingerprint density at radius 2 is 2.05 bits per heavy atom. The minimum Gasteiger partial charge on any atom is -0.382 e. The molecule has 0 amide bonds. The molecule has 4 nitrogen and oxygen atoms in total. The van der Waals surface area contributed by atoms with Crippen molar-refractivity contribution >= 4 is 33.7 Å². The molecule has 0 aromatic carbocycles. The highest BCUT2D eigenvalue weighted by molar-refractivity contribution is 7.15. The van der Waals surface area contributed by atoms with Gasteiger partial charge in [0, 0.05) is 17.6 Å². The van der Waals surface area contributed by atoms with Gasteiger partial charge in [0.1, 0.15) is 15.8 Å². The third kappa shape index (κ3) is 2.79. The molecule has 2 aliphatic rings. The fourth-order valence-electron chi connectivity index (χ4n) is 3.08. The number of rotatable bonds is 6. The van der Waals surface area contributed by atoms with Gasteiger partial charge in [0.15, 0.2) is 0 Å². The molecule has 0 unspecified atom stereocenters. The van der Waals surface area contributed by atoms with Crippen LogP contribution in [-0.4, -0.2) is 15.9 Å². The fourth-order valence-corrected chi connectivity index (χ4v) is 4.72. The summed E-state index contributed by atoms with van der Waals surface area (Å²) in [5.41, 5.74) is 8.10. The maximum Gasteiger partial charge on any atom is 0.149 e. The van der Waals surface area contributed by atoms with Gasteiger partial charge in [0.2, 0.25) is 0 Å². The SMILES string of the molecule is Cc1csc(-c2c(N)nsc2NCC(C2CC2)C2CC2)n1. The highest BCUT2D eigenvalue weighted by atomic mass is 32.1. The molecule has 2 aromatic heterocycles. The average Bonchev–Trinajstić information content (AvgIpc) is 3.37. The lowest BCUT2D eigenvalue weighted by Crippen LogP contribution is -2.18. The Balaban J connectivity index is 1.52. The first-order chi connectivity index (χ1) is 10.2. The van der Waals surface area contributed by atoms with Gasteiger partial charge in [0.25, 0.3) is 0 Å². The number of aromatic nitrogens is 2. The summed E-state index contributed by atoms with van der Waals surface area (Å²) in [5, 5.41) is 7.76. The average molecular weight is 320 g/mol. The van der Waals surface area contributed by atoms with Crippen LogP contribution in [0, 0.1) is 24.7 Å². The van der Waals surface area contributed by atoms with Crippen molar-refractivity contribution in [1.29, 1.82) is 0 Å². The Bertz CT molecular complexity index is 628. The molecule has 0 saturated heterocycles. The van der Waals surface area contributed by atoms with Gasteiger partial charge in [-0.2, -0.15) is 4.37 Å². The Labute approximate surface area is 133 Å². The van der Waals surface area contributed by atoms with Crippen molar-refractivity contribution in [2.45, 2.75) is 32.6 Å². The lowest BCUT2D eigenvalue weighted by Gasteiger charge is -2.16. The van der Waals surface area contributed by atoms with E-state index in [9.17, 15) is 0 Å². The van der Waals surface area contributed by atoms with E-state index in [0.717, 1.165) is 45.6 Å². The maximum absolute atomic E-state index is 6.06. The third-order valence-corrected chi connectivity index (χ3v) is 6.30. The lowest BCUT2D eigenvalue weighted by molar-refractivity contribution is 0.428. The van der Waals surface area contributed by atoms with Gasteiger partial charge in [-0.1, -0.05) is 0 Å². The Morgan fingerprint density at radius 1 is 1.33 bits per heavy atom. The summed E-state index contributed by atoms with van der Waals surface area (Å²) in [4.78, 5) is 4.56. The predicted molar refractivity (Wildman–Crippen MR) is 89.8 cm³/mol. The number of hydrogen-bond donors (Lipinski definition) is 2. The van der Waals surface area contributed by atoms with E-state index >= 15 is 0 Å². The summed E-state index contributed by atoms with van der Waals surface area (Å²) >= 11 is 3.11.